The second-order valence-corrected chi connectivity index (χ2v) is 5.10. The lowest BCUT2D eigenvalue weighted by Gasteiger charge is -2.22. The van der Waals surface area contributed by atoms with E-state index in [1.54, 1.807) is 11.8 Å². The number of aliphatic hydroxyl groups is 1. The quantitative estimate of drug-likeness (QED) is 0.777. The normalized spacial score (nSPS) is 32.1. The maximum absolute atomic E-state index is 12.2. The molecule has 0 saturated carbocycles. The third-order valence-corrected chi connectivity index (χ3v) is 3.11. The van der Waals surface area contributed by atoms with Gasteiger partial charge in [0.05, 0.1) is 5.60 Å². The van der Waals surface area contributed by atoms with Crippen LogP contribution >= 0.6 is 15.9 Å². The lowest BCUT2D eigenvalue weighted by Crippen LogP contribution is -2.38. The average Bonchev–Trinajstić information content (AvgIpc) is 2.28. The molecule has 2 nitrogen and oxygen atoms in total. The lowest BCUT2D eigenvalue weighted by molar-refractivity contribution is -0.130. The van der Waals surface area contributed by atoms with E-state index in [1.807, 2.05) is 0 Å². The van der Waals surface area contributed by atoms with Crippen LogP contribution in [0.15, 0.2) is 0 Å². The minimum absolute atomic E-state index is 0.0976. The molecule has 0 aromatic carbocycles. The van der Waals surface area contributed by atoms with Gasteiger partial charge in [0.2, 0.25) is 0 Å². The molecule has 1 fully saturated rings. The van der Waals surface area contributed by atoms with Crippen molar-refractivity contribution in [2.24, 2.45) is 0 Å². The summed E-state index contributed by atoms with van der Waals surface area (Å²) in [6.07, 6.45) is -3.68. The number of nitrogens with zero attached hydrogens (tertiary/aromatic N) is 1. The highest BCUT2D eigenvalue weighted by atomic mass is 79.9. The molecule has 2 unspecified atom stereocenters. The predicted molar refractivity (Wildman–Crippen MR) is 50.5 cm³/mol. The first-order chi connectivity index (χ1) is 6.21. The Balaban J connectivity index is 2.40. The first-order valence-corrected chi connectivity index (χ1v) is 5.28. The van der Waals surface area contributed by atoms with E-state index < -0.39 is 16.6 Å². The molecule has 1 N–H and O–H groups in total. The number of alkyl halides is 4. The number of likely N-dealkylation sites (tertiary alicyclic amines) is 1. The van der Waals surface area contributed by atoms with Gasteiger partial charge in [-0.15, -0.1) is 0 Å². The summed E-state index contributed by atoms with van der Waals surface area (Å²) >= 11 is 2.60. The van der Waals surface area contributed by atoms with Crippen molar-refractivity contribution >= 4 is 15.9 Å². The molecule has 1 heterocycles. The second kappa shape index (κ2) is 3.98. The molecule has 0 amide bonds. The van der Waals surface area contributed by atoms with Crippen LogP contribution in [-0.2, 0) is 0 Å². The molecule has 1 rings (SSSR count). The van der Waals surface area contributed by atoms with Crippen LogP contribution in [0.3, 0.4) is 0 Å². The van der Waals surface area contributed by atoms with E-state index in [4.69, 9.17) is 0 Å². The van der Waals surface area contributed by atoms with Crippen molar-refractivity contribution in [2.75, 3.05) is 19.6 Å². The molecule has 6 heteroatoms. The molecule has 0 radical (unpaired) electrons. The SMILES string of the molecule is CC1(O)CCN(CC(Br)C(F)(F)F)C1. The molecule has 14 heavy (non-hydrogen) atoms. The number of halogens is 4. The fourth-order valence-corrected chi connectivity index (χ4v) is 1.93. The number of hydrogen-bond donors (Lipinski definition) is 1. The monoisotopic (exact) mass is 275 g/mol. The van der Waals surface area contributed by atoms with E-state index in [0.29, 0.717) is 19.5 Å². The Hall–Kier alpha value is 0.190. The number of β-amino-alcohol motifs (C(OH)–C–C–N with tert-alkyl or cyclic N) is 1. The van der Waals surface area contributed by atoms with Gasteiger partial charge in [0.15, 0.2) is 0 Å². The van der Waals surface area contributed by atoms with Crippen molar-refractivity contribution in [2.45, 2.75) is 29.9 Å². The third-order valence-electron chi connectivity index (χ3n) is 2.30. The fraction of sp³-hybridized carbons (Fsp3) is 1.00. The van der Waals surface area contributed by atoms with Gasteiger partial charge < -0.3 is 5.11 Å². The molecule has 1 saturated heterocycles. The summed E-state index contributed by atoms with van der Waals surface area (Å²) in [5, 5.41) is 9.54. The van der Waals surface area contributed by atoms with Gasteiger partial charge in [0, 0.05) is 19.6 Å². The minimum atomic E-state index is -4.21. The van der Waals surface area contributed by atoms with Gasteiger partial charge >= 0.3 is 6.18 Å². The standard InChI is InChI=1S/C8H13BrF3NO/c1-7(14)2-3-13(5-7)4-6(9)8(10,11)12/h6,14H,2-5H2,1H3. The summed E-state index contributed by atoms with van der Waals surface area (Å²) in [6.45, 7) is 2.37. The van der Waals surface area contributed by atoms with Crippen LogP contribution in [-0.4, -0.2) is 46.2 Å². The first-order valence-electron chi connectivity index (χ1n) is 4.36. The van der Waals surface area contributed by atoms with Crippen LogP contribution in [0.2, 0.25) is 0 Å². The maximum Gasteiger partial charge on any atom is 0.402 e. The summed E-state index contributed by atoms with van der Waals surface area (Å²) in [7, 11) is 0. The van der Waals surface area contributed by atoms with E-state index >= 15 is 0 Å². The molecule has 0 bridgehead atoms. The van der Waals surface area contributed by atoms with Gasteiger partial charge in [-0.1, -0.05) is 15.9 Å². The molecule has 2 atom stereocenters. The van der Waals surface area contributed by atoms with Gasteiger partial charge in [-0.25, -0.2) is 0 Å². The van der Waals surface area contributed by atoms with E-state index in [1.165, 1.54) is 0 Å². The van der Waals surface area contributed by atoms with Gasteiger partial charge in [0.1, 0.15) is 4.83 Å². The van der Waals surface area contributed by atoms with Crippen molar-refractivity contribution < 1.29 is 18.3 Å². The smallest absolute Gasteiger partial charge is 0.389 e. The Morgan fingerprint density at radius 2 is 2.14 bits per heavy atom. The van der Waals surface area contributed by atoms with E-state index in [9.17, 15) is 18.3 Å². The maximum atomic E-state index is 12.2. The predicted octanol–water partition coefficient (Wildman–Crippen LogP) is 1.77. The van der Waals surface area contributed by atoms with Crippen LogP contribution in [0, 0.1) is 0 Å². The summed E-state index contributed by atoms with van der Waals surface area (Å²) in [4.78, 5) is 0.108. The van der Waals surface area contributed by atoms with Gasteiger partial charge in [-0.05, 0) is 13.3 Å². The molecule has 0 aliphatic carbocycles. The third kappa shape index (κ3) is 3.40. The topological polar surface area (TPSA) is 23.5 Å². The summed E-state index contributed by atoms with van der Waals surface area (Å²) in [5.41, 5.74) is -0.835. The first kappa shape index (κ1) is 12.3. The highest BCUT2D eigenvalue weighted by Gasteiger charge is 2.41. The zero-order valence-electron chi connectivity index (χ0n) is 7.81. The Morgan fingerprint density at radius 3 is 2.50 bits per heavy atom. The Kier molecular flexibility index (Phi) is 3.49. The molecule has 0 aromatic rings. The van der Waals surface area contributed by atoms with E-state index in [2.05, 4.69) is 15.9 Å². The van der Waals surface area contributed by atoms with Gasteiger partial charge in [0.25, 0.3) is 0 Å². The van der Waals surface area contributed by atoms with Crippen LogP contribution in [0.25, 0.3) is 0 Å². The zero-order valence-corrected chi connectivity index (χ0v) is 9.40. The van der Waals surface area contributed by atoms with Gasteiger partial charge in [-0.2, -0.15) is 13.2 Å². The Labute approximate surface area is 89.2 Å². The molecular formula is C8H13BrF3NO. The molecule has 0 aromatic heterocycles. The highest BCUT2D eigenvalue weighted by molar-refractivity contribution is 9.09. The average molecular weight is 276 g/mol. The minimum Gasteiger partial charge on any atom is -0.389 e. The van der Waals surface area contributed by atoms with Crippen molar-refractivity contribution in [3.8, 4) is 0 Å². The zero-order chi connectivity index (χ0) is 11.0. The van der Waals surface area contributed by atoms with Crippen molar-refractivity contribution in [3.05, 3.63) is 0 Å². The number of rotatable bonds is 2. The summed E-state index contributed by atoms with van der Waals surface area (Å²) in [6, 6.07) is 0. The van der Waals surface area contributed by atoms with Crippen molar-refractivity contribution in [3.63, 3.8) is 0 Å². The van der Waals surface area contributed by atoms with Crippen LogP contribution < -0.4 is 0 Å². The summed E-state index contributed by atoms with van der Waals surface area (Å²) in [5.74, 6) is 0. The van der Waals surface area contributed by atoms with Crippen molar-refractivity contribution in [1.82, 2.24) is 4.90 Å². The summed E-state index contributed by atoms with van der Waals surface area (Å²) < 4.78 is 36.5. The fourth-order valence-electron chi connectivity index (χ4n) is 1.52. The van der Waals surface area contributed by atoms with Crippen LogP contribution in [0.4, 0.5) is 13.2 Å². The molecule has 0 spiro atoms. The molecular weight excluding hydrogens is 263 g/mol. The molecule has 1 aliphatic rings. The van der Waals surface area contributed by atoms with E-state index in [0.717, 1.165) is 0 Å². The molecule has 84 valence electrons. The Morgan fingerprint density at radius 1 is 1.57 bits per heavy atom. The highest BCUT2D eigenvalue weighted by Crippen LogP contribution is 2.29. The van der Waals surface area contributed by atoms with E-state index in [-0.39, 0.29) is 6.54 Å². The molecule has 1 aliphatic heterocycles. The lowest BCUT2D eigenvalue weighted by atomic mass is 10.1. The van der Waals surface area contributed by atoms with Gasteiger partial charge in [-0.3, -0.25) is 4.90 Å². The largest absolute Gasteiger partial charge is 0.402 e. The van der Waals surface area contributed by atoms with Crippen molar-refractivity contribution in [1.29, 1.82) is 0 Å². The number of hydrogen-bond acceptors (Lipinski definition) is 2. The van der Waals surface area contributed by atoms with Crippen LogP contribution in [0.5, 0.6) is 0 Å². The van der Waals surface area contributed by atoms with Crippen LogP contribution in [0.1, 0.15) is 13.3 Å². The second-order valence-electron chi connectivity index (χ2n) is 3.99. The Bertz CT molecular complexity index is 207.